The van der Waals surface area contributed by atoms with Crippen molar-refractivity contribution in [3.63, 3.8) is 0 Å². The maximum absolute atomic E-state index is 11.4. The molecule has 0 bridgehead atoms. The predicted octanol–water partition coefficient (Wildman–Crippen LogP) is -0.228. The highest BCUT2D eigenvalue weighted by atomic mass is 32.1. The summed E-state index contributed by atoms with van der Waals surface area (Å²) in [6, 6.07) is 0. The van der Waals surface area contributed by atoms with Crippen molar-refractivity contribution in [2.45, 2.75) is 12.2 Å². The smallest absolute Gasteiger partial charge is 0.235 e. The number of methoxy groups -OCH3 is 1. The van der Waals surface area contributed by atoms with Gasteiger partial charge in [-0.1, -0.05) is 0 Å². The largest absolute Gasteiger partial charge is 0.395 e. The summed E-state index contributed by atoms with van der Waals surface area (Å²) in [6.07, 6.45) is 0. The standard InChI is InChI=1S/C8H17NO3S/c1-7(13)8(11)9(3-5-10)4-6-12-2/h7,10,13H,3-6H2,1-2H3. The van der Waals surface area contributed by atoms with Gasteiger partial charge < -0.3 is 14.7 Å². The van der Waals surface area contributed by atoms with E-state index in [4.69, 9.17) is 9.84 Å². The van der Waals surface area contributed by atoms with Gasteiger partial charge in [0.1, 0.15) is 0 Å². The highest BCUT2D eigenvalue weighted by Crippen LogP contribution is 2.00. The highest BCUT2D eigenvalue weighted by molar-refractivity contribution is 7.81. The maximum atomic E-state index is 11.4. The molecule has 78 valence electrons. The van der Waals surface area contributed by atoms with E-state index >= 15 is 0 Å². The molecule has 1 N–H and O–H groups in total. The zero-order valence-electron chi connectivity index (χ0n) is 8.06. The molecule has 0 fully saturated rings. The molecule has 0 aliphatic heterocycles. The summed E-state index contributed by atoms with van der Waals surface area (Å²) in [6.45, 7) is 3.00. The molecule has 0 saturated carbocycles. The van der Waals surface area contributed by atoms with Crippen LogP contribution < -0.4 is 0 Å². The van der Waals surface area contributed by atoms with Crippen molar-refractivity contribution in [2.24, 2.45) is 0 Å². The lowest BCUT2D eigenvalue weighted by Crippen LogP contribution is -2.39. The Bertz CT molecular complexity index is 152. The van der Waals surface area contributed by atoms with Crippen LogP contribution >= 0.6 is 12.6 Å². The van der Waals surface area contributed by atoms with Gasteiger partial charge >= 0.3 is 0 Å². The van der Waals surface area contributed by atoms with Crippen molar-refractivity contribution in [3.05, 3.63) is 0 Å². The first kappa shape index (κ1) is 12.7. The van der Waals surface area contributed by atoms with Crippen molar-refractivity contribution >= 4 is 18.5 Å². The van der Waals surface area contributed by atoms with Crippen molar-refractivity contribution in [1.29, 1.82) is 0 Å². The third kappa shape index (κ3) is 5.13. The van der Waals surface area contributed by atoms with Crippen molar-refractivity contribution in [1.82, 2.24) is 4.90 Å². The van der Waals surface area contributed by atoms with E-state index in [2.05, 4.69) is 12.6 Å². The zero-order valence-corrected chi connectivity index (χ0v) is 8.96. The van der Waals surface area contributed by atoms with Crippen LogP contribution in [0.25, 0.3) is 0 Å². The fourth-order valence-corrected chi connectivity index (χ4v) is 1.08. The predicted molar refractivity (Wildman–Crippen MR) is 54.0 cm³/mol. The SMILES string of the molecule is COCCN(CCO)C(=O)C(C)S. The van der Waals surface area contributed by atoms with E-state index in [0.717, 1.165) is 0 Å². The fourth-order valence-electron chi connectivity index (χ4n) is 0.919. The summed E-state index contributed by atoms with van der Waals surface area (Å²) >= 11 is 4.03. The summed E-state index contributed by atoms with van der Waals surface area (Å²) in [5.74, 6) is -0.0746. The van der Waals surface area contributed by atoms with Crippen LogP contribution in [0, 0.1) is 0 Å². The van der Waals surface area contributed by atoms with Crippen molar-refractivity contribution in [3.8, 4) is 0 Å². The van der Waals surface area contributed by atoms with Crippen molar-refractivity contribution in [2.75, 3.05) is 33.4 Å². The monoisotopic (exact) mass is 207 g/mol. The van der Waals surface area contributed by atoms with Gasteiger partial charge in [0, 0.05) is 20.2 Å². The van der Waals surface area contributed by atoms with E-state index in [1.807, 2.05) is 0 Å². The second-order valence-corrected chi connectivity index (χ2v) is 3.49. The normalized spacial score (nSPS) is 12.6. The molecule has 0 heterocycles. The first-order valence-electron chi connectivity index (χ1n) is 4.20. The van der Waals surface area contributed by atoms with E-state index in [1.54, 1.807) is 18.9 Å². The van der Waals surface area contributed by atoms with E-state index in [9.17, 15) is 4.79 Å². The average Bonchev–Trinajstić information content (AvgIpc) is 2.11. The van der Waals surface area contributed by atoms with Gasteiger partial charge in [-0.15, -0.1) is 0 Å². The number of carbonyl (C=O) groups excluding carboxylic acids is 1. The van der Waals surface area contributed by atoms with Crippen LogP contribution in [0.1, 0.15) is 6.92 Å². The molecule has 13 heavy (non-hydrogen) atoms. The minimum Gasteiger partial charge on any atom is -0.395 e. The van der Waals surface area contributed by atoms with Crippen LogP contribution in [-0.2, 0) is 9.53 Å². The van der Waals surface area contributed by atoms with Gasteiger partial charge in [0.2, 0.25) is 5.91 Å². The lowest BCUT2D eigenvalue weighted by atomic mass is 10.3. The molecule has 0 saturated heterocycles. The second kappa shape index (κ2) is 7.17. The number of aliphatic hydroxyl groups excluding tert-OH is 1. The molecule has 0 aliphatic carbocycles. The Hall–Kier alpha value is -0.260. The third-order valence-corrected chi connectivity index (χ3v) is 1.83. The Morgan fingerprint density at radius 1 is 1.62 bits per heavy atom. The number of ether oxygens (including phenoxy) is 1. The Labute approximate surface area is 84.3 Å². The van der Waals surface area contributed by atoms with E-state index in [1.165, 1.54) is 0 Å². The van der Waals surface area contributed by atoms with Crippen LogP contribution in [0.3, 0.4) is 0 Å². The van der Waals surface area contributed by atoms with Gasteiger partial charge in [0.05, 0.1) is 18.5 Å². The molecular formula is C8H17NO3S. The maximum Gasteiger partial charge on any atom is 0.235 e. The minimum absolute atomic E-state index is 0.0318. The number of hydrogen-bond donors (Lipinski definition) is 2. The van der Waals surface area contributed by atoms with Crippen LogP contribution in [0.2, 0.25) is 0 Å². The summed E-state index contributed by atoms with van der Waals surface area (Å²) in [5.41, 5.74) is 0. The molecule has 0 aromatic carbocycles. The van der Waals surface area contributed by atoms with Crippen LogP contribution in [0.4, 0.5) is 0 Å². The molecule has 0 radical (unpaired) electrons. The molecular weight excluding hydrogens is 190 g/mol. The molecule has 1 amide bonds. The molecule has 0 aliphatic rings. The molecule has 5 heteroatoms. The number of aliphatic hydroxyl groups is 1. The molecule has 1 atom stereocenters. The van der Waals surface area contributed by atoms with E-state index in [0.29, 0.717) is 19.7 Å². The third-order valence-electron chi connectivity index (χ3n) is 1.60. The molecule has 0 rings (SSSR count). The van der Waals surface area contributed by atoms with Gasteiger partial charge in [-0.3, -0.25) is 4.79 Å². The Balaban J connectivity index is 3.99. The van der Waals surface area contributed by atoms with E-state index in [-0.39, 0.29) is 17.8 Å². The molecule has 0 aromatic rings. The van der Waals surface area contributed by atoms with Gasteiger partial charge in [0.15, 0.2) is 0 Å². The lowest BCUT2D eigenvalue weighted by Gasteiger charge is -2.22. The molecule has 0 spiro atoms. The van der Waals surface area contributed by atoms with Crippen molar-refractivity contribution < 1.29 is 14.6 Å². The van der Waals surface area contributed by atoms with Crippen LogP contribution in [0.15, 0.2) is 0 Å². The number of rotatable bonds is 6. The topological polar surface area (TPSA) is 49.8 Å². The summed E-state index contributed by atoms with van der Waals surface area (Å²) < 4.78 is 4.85. The zero-order chi connectivity index (χ0) is 10.3. The first-order chi connectivity index (χ1) is 6.13. The molecule has 1 unspecified atom stereocenters. The van der Waals surface area contributed by atoms with Gasteiger partial charge in [-0.05, 0) is 6.92 Å². The van der Waals surface area contributed by atoms with Gasteiger partial charge in [0.25, 0.3) is 0 Å². The van der Waals surface area contributed by atoms with E-state index < -0.39 is 0 Å². The number of nitrogens with zero attached hydrogens (tertiary/aromatic N) is 1. The van der Waals surface area contributed by atoms with Crippen LogP contribution in [0.5, 0.6) is 0 Å². The average molecular weight is 207 g/mol. The summed E-state index contributed by atoms with van der Waals surface area (Å²) in [4.78, 5) is 13.0. The number of thiol groups is 1. The quantitative estimate of drug-likeness (QED) is 0.592. The number of carbonyl (C=O) groups is 1. The van der Waals surface area contributed by atoms with Gasteiger partial charge in [-0.2, -0.15) is 12.6 Å². The minimum atomic E-state index is -0.330. The summed E-state index contributed by atoms with van der Waals surface area (Å²) in [7, 11) is 1.58. The second-order valence-electron chi connectivity index (χ2n) is 2.72. The Kier molecular flexibility index (Phi) is 7.03. The van der Waals surface area contributed by atoms with Gasteiger partial charge in [-0.25, -0.2) is 0 Å². The number of hydrogen-bond acceptors (Lipinski definition) is 4. The lowest BCUT2D eigenvalue weighted by molar-refractivity contribution is -0.131. The molecule has 4 nitrogen and oxygen atoms in total. The number of amides is 1. The Morgan fingerprint density at radius 2 is 2.23 bits per heavy atom. The first-order valence-corrected chi connectivity index (χ1v) is 4.71. The molecule has 0 aromatic heterocycles. The summed E-state index contributed by atoms with van der Waals surface area (Å²) in [5, 5.41) is 8.38. The van der Waals surface area contributed by atoms with Crippen LogP contribution in [-0.4, -0.2) is 54.6 Å². The highest BCUT2D eigenvalue weighted by Gasteiger charge is 2.16. The fraction of sp³-hybridized carbons (Fsp3) is 0.875. The Morgan fingerprint density at radius 3 is 2.62 bits per heavy atom.